The highest BCUT2D eigenvalue weighted by Crippen LogP contribution is 2.26. The van der Waals surface area contributed by atoms with Crippen LogP contribution in [0.2, 0.25) is 0 Å². The zero-order valence-corrected chi connectivity index (χ0v) is 13.6. The molecule has 1 heterocycles. The molecule has 0 radical (unpaired) electrons. The molecular weight excluding hydrogens is 310 g/mol. The number of anilines is 1. The van der Waals surface area contributed by atoms with E-state index in [1.165, 1.54) is 10.8 Å². The van der Waals surface area contributed by atoms with Gasteiger partial charge in [0, 0.05) is 24.6 Å². The number of aromatic nitrogens is 1. The van der Waals surface area contributed by atoms with Gasteiger partial charge in [-0.2, -0.15) is 0 Å². The molecule has 1 aromatic heterocycles. The minimum Gasteiger partial charge on any atom is -0.381 e. The predicted molar refractivity (Wildman–Crippen MR) is 102 cm³/mol. The van der Waals surface area contributed by atoms with Crippen LogP contribution in [-0.4, -0.2) is 4.57 Å². The Morgan fingerprint density at radius 3 is 2.44 bits per heavy atom. The van der Waals surface area contributed by atoms with Gasteiger partial charge < -0.3 is 9.88 Å². The third kappa shape index (κ3) is 3.15. The van der Waals surface area contributed by atoms with Gasteiger partial charge in [-0.05, 0) is 57.9 Å². The topological polar surface area (TPSA) is 46.4 Å². The third-order valence-electron chi connectivity index (χ3n) is 4.27. The van der Waals surface area contributed by atoms with E-state index in [1.807, 2.05) is 59.4 Å². The first-order valence-electron chi connectivity index (χ1n) is 8.16. The highest BCUT2D eigenvalue weighted by Gasteiger charge is 2.06. The van der Waals surface area contributed by atoms with Crippen LogP contribution in [0, 0.1) is 4.91 Å². The Morgan fingerprint density at radius 2 is 1.64 bits per heavy atom. The zero-order valence-electron chi connectivity index (χ0n) is 13.6. The van der Waals surface area contributed by atoms with E-state index in [2.05, 4.69) is 40.8 Å². The van der Waals surface area contributed by atoms with Crippen LogP contribution in [0.3, 0.4) is 0 Å². The number of hydrogen-bond donors (Lipinski definition) is 1. The first-order chi connectivity index (χ1) is 12.3. The maximum atomic E-state index is 11.2. The Labute approximate surface area is 145 Å². The van der Waals surface area contributed by atoms with Crippen LogP contribution in [-0.2, 0) is 6.54 Å². The fourth-order valence-corrected chi connectivity index (χ4v) is 2.97. The molecular formula is C21H17N3O. The molecule has 4 rings (SSSR count). The summed E-state index contributed by atoms with van der Waals surface area (Å²) >= 11 is 0. The van der Waals surface area contributed by atoms with E-state index in [1.54, 1.807) is 0 Å². The van der Waals surface area contributed by atoms with Crippen LogP contribution in [0.4, 0.5) is 11.4 Å². The maximum Gasteiger partial charge on any atom is 0.132 e. The molecule has 0 amide bonds. The lowest BCUT2D eigenvalue weighted by Crippen LogP contribution is -2.00. The minimum atomic E-state index is 0.439. The molecule has 0 unspecified atom stereocenters. The van der Waals surface area contributed by atoms with E-state index in [4.69, 9.17) is 0 Å². The SMILES string of the molecule is O=Nc1cc(CNc2ccc3ccccc3c2)ccc1-n1cccc1. The van der Waals surface area contributed by atoms with Gasteiger partial charge in [-0.1, -0.05) is 36.4 Å². The molecule has 0 atom stereocenters. The Kier molecular flexibility index (Phi) is 4.01. The van der Waals surface area contributed by atoms with Crippen LogP contribution < -0.4 is 5.32 Å². The summed E-state index contributed by atoms with van der Waals surface area (Å²) in [6.07, 6.45) is 3.80. The van der Waals surface area contributed by atoms with E-state index < -0.39 is 0 Å². The van der Waals surface area contributed by atoms with E-state index >= 15 is 0 Å². The minimum absolute atomic E-state index is 0.439. The average molecular weight is 327 g/mol. The van der Waals surface area contributed by atoms with E-state index in [0.717, 1.165) is 16.9 Å². The van der Waals surface area contributed by atoms with Gasteiger partial charge in [0.1, 0.15) is 5.69 Å². The summed E-state index contributed by atoms with van der Waals surface area (Å²) in [5.74, 6) is 0. The van der Waals surface area contributed by atoms with Crippen LogP contribution in [0.5, 0.6) is 0 Å². The molecule has 3 aromatic carbocycles. The molecule has 0 spiro atoms. The first kappa shape index (κ1) is 15.1. The molecule has 4 heteroatoms. The molecule has 0 saturated carbocycles. The van der Waals surface area contributed by atoms with Gasteiger partial charge in [0.2, 0.25) is 0 Å². The Morgan fingerprint density at radius 1 is 0.840 bits per heavy atom. The number of fused-ring (bicyclic) bond motifs is 1. The summed E-state index contributed by atoms with van der Waals surface area (Å²) in [6.45, 7) is 0.632. The summed E-state index contributed by atoms with van der Waals surface area (Å²) in [5.41, 5.74) is 3.29. The van der Waals surface area contributed by atoms with E-state index in [9.17, 15) is 4.91 Å². The summed E-state index contributed by atoms with van der Waals surface area (Å²) in [5, 5.41) is 9.01. The lowest BCUT2D eigenvalue weighted by molar-refractivity contribution is 1.06. The highest BCUT2D eigenvalue weighted by molar-refractivity contribution is 5.85. The lowest BCUT2D eigenvalue weighted by atomic mass is 10.1. The number of rotatable bonds is 5. The number of nitrogens with zero attached hydrogens (tertiary/aromatic N) is 2. The highest BCUT2D eigenvalue weighted by atomic mass is 16.3. The van der Waals surface area contributed by atoms with Crippen LogP contribution in [0.1, 0.15) is 5.56 Å². The van der Waals surface area contributed by atoms with Crippen molar-refractivity contribution in [2.75, 3.05) is 5.32 Å². The smallest absolute Gasteiger partial charge is 0.132 e. The normalized spacial score (nSPS) is 10.7. The molecule has 122 valence electrons. The van der Waals surface area contributed by atoms with Crippen LogP contribution in [0.25, 0.3) is 16.5 Å². The molecule has 0 bridgehead atoms. The molecule has 0 aliphatic rings. The zero-order chi connectivity index (χ0) is 17.1. The van der Waals surface area contributed by atoms with E-state index in [-0.39, 0.29) is 0 Å². The number of hydrogen-bond acceptors (Lipinski definition) is 3. The molecule has 25 heavy (non-hydrogen) atoms. The van der Waals surface area contributed by atoms with Crippen molar-refractivity contribution in [1.29, 1.82) is 0 Å². The van der Waals surface area contributed by atoms with Gasteiger partial charge in [0.25, 0.3) is 0 Å². The second-order valence-electron chi connectivity index (χ2n) is 5.92. The van der Waals surface area contributed by atoms with Gasteiger partial charge in [-0.3, -0.25) is 0 Å². The van der Waals surface area contributed by atoms with Crippen molar-refractivity contribution < 1.29 is 0 Å². The molecule has 0 saturated heterocycles. The van der Waals surface area contributed by atoms with Crippen molar-refractivity contribution in [2.24, 2.45) is 5.18 Å². The molecule has 0 aliphatic heterocycles. The predicted octanol–water partition coefficient (Wildman–Crippen LogP) is 5.64. The first-order valence-corrected chi connectivity index (χ1v) is 8.16. The number of nitroso groups, excluding NO2 is 1. The quantitative estimate of drug-likeness (QED) is 0.482. The monoisotopic (exact) mass is 327 g/mol. The molecule has 1 N–H and O–H groups in total. The molecule has 4 nitrogen and oxygen atoms in total. The molecule has 4 aromatic rings. The fraction of sp³-hybridized carbons (Fsp3) is 0.0476. The van der Waals surface area contributed by atoms with Crippen molar-refractivity contribution in [3.05, 3.63) is 95.7 Å². The van der Waals surface area contributed by atoms with Crippen molar-refractivity contribution in [3.8, 4) is 5.69 Å². The summed E-state index contributed by atoms with van der Waals surface area (Å²) < 4.78 is 1.89. The average Bonchev–Trinajstić information content (AvgIpc) is 3.20. The van der Waals surface area contributed by atoms with E-state index in [0.29, 0.717) is 12.2 Å². The van der Waals surface area contributed by atoms with Crippen molar-refractivity contribution >= 4 is 22.1 Å². The van der Waals surface area contributed by atoms with Crippen LogP contribution in [0.15, 0.2) is 90.4 Å². The lowest BCUT2D eigenvalue weighted by Gasteiger charge is -2.10. The Hall–Kier alpha value is -3.40. The standard InChI is InChI=1S/C21H17N3O/c25-23-20-13-16(7-10-21(20)24-11-3-4-12-24)15-22-19-9-8-17-5-1-2-6-18(17)14-19/h1-14,22H,15H2. The Bertz CT molecular complexity index is 1020. The fourth-order valence-electron chi connectivity index (χ4n) is 2.97. The Balaban J connectivity index is 1.55. The van der Waals surface area contributed by atoms with Gasteiger partial charge in [0.05, 0.1) is 5.69 Å². The summed E-state index contributed by atoms with van der Waals surface area (Å²) in [6, 6.07) is 24.2. The summed E-state index contributed by atoms with van der Waals surface area (Å²) in [4.78, 5) is 11.2. The van der Waals surface area contributed by atoms with Crippen molar-refractivity contribution in [2.45, 2.75) is 6.54 Å². The van der Waals surface area contributed by atoms with Crippen molar-refractivity contribution in [3.63, 3.8) is 0 Å². The second-order valence-corrected chi connectivity index (χ2v) is 5.92. The summed E-state index contributed by atoms with van der Waals surface area (Å²) in [7, 11) is 0. The van der Waals surface area contributed by atoms with Gasteiger partial charge in [-0.15, -0.1) is 4.91 Å². The number of benzene rings is 3. The van der Waals surface area contributed by atoms with Gasteiger partial charge in [0.15, 0.2) is 0 Å². The number of nitrogens with one attached hydrogen (secondary N) is 1. The maximum absolute atomic E-state index is 11.2. The van der Waals surface area contributed by atoms with Crippen molar-refractivity contribution in [1.82, 2.24) is 4.57 Å². The van der Waals surface area contributed by atoms with Gasteiger partial charge >= 0.3 is 0 Å². The second kappa shape index (κ2) is 6.61. The van der Waals surface area contributed by atoms with Crippen LogP contribution >= 0.6 is 0 Å². The van der Waals surface area contributed by atoms with Gasteiger partial charge in [-0.25, -0.2) is 0 Å². The molecule has 0 aliphatic carbocycles. The molecule has 0 fully saturated rings. The largest absolute Gasteiger partial charge is 0.381 e. The third-order valence-corrected chi connectivity index (χ3v) is 4.27.